The molecule has 3 rings (SSSR count). The topological polar surface area (TPSA) is 101 Å². The van der Waals surface area contributed by atoms with E-state index in [4.69, 9.17) is 19.9 Å². The number of ether oxygens (including phenoxy) is 3. The molecule has 0 aliphatic carbocycles. The lowest BCUT2D eigenvalue weighted by Gasteiger charge is -2.10. The average molecular weight is 382 g/mol. The zero-order chi connectivity index (χ0) is 19.9. The smallest absolute Gasteiger partial charge is 0.312 e. The van der Waals surface area contributed by atoms with Crippen LogP contribution in [-0.2, 0) is 0 Å². The quantitative estimate of drug-likeness (QED) is 0.583. The lowest BCUT2D eigenvalue weighted by molar-refractivity contribution is 0.244. The Kier molecular flexibility index (Phi) is 6.01. The van der Waals surface area contributed by atoms with E-state index in [0.29, 0.717) is 24.8 Å². The Bertz CT molecular complexity index is 920. The van der Waals surface area contributed by atoms with Crippen LogP contribution in [0.25, 0.3) is 16.9 Å². The zero-order valence-electron chi connectivity index (χ0n) is 15.7. The number of hydrogen-bond acceptors (Lipinski definition) is 5. The van der Waals surface area contributed by atoms with Crippen molar-refractivity contribution in [3.63, 3.8) is 0 Å². The molecule has 0 radical (unpaired) electrons. The largest absolute Gasteiger partial charge is 0.497 e. The van der Waals surface area contributed by atoms with Gasteiger partial charge in [0.25, 0.3) is 0 Å². The van der Waals surface area contributed by atoms with Crippen LogP contribution in [0, 0.1) is 0 Å². The third kappa shape index (κ3) is 4.53. The van der Waals surface area contributed by atoms with E-state index in [9.17, 15) is 4.79 Å². The fourth-order valence-corrected chi connectivity index (χ4v) is 2.65. The first-order chi connectivity index (χ1) is 13.6. The van der Waals surface area contributed by atoms with E-state index in [1.54, 1.807) is 14.2 Å². The predicted octanol–water partition coefficient (Wildman–Crippen LogP) is 2.60. The summed E-state index contributed by atoms with van der Waals surface area (Å²) >= 11 is 0. The summed E-state index contributed by atoms with van der Waals surface area (Å²) in [6.45, 7) is 0.679. The third-order valence-corrected chi connectivity index (χ3v) is 4.03. The first-order valence-corrected chi connectivity index (χ1v) is 8.65. The van der Waals surface area contributed by atoms with Gasteiger partial charge in [-0.15, -0.1) is 5.10 Å². The molecular weight excluding hydrogens is 360 g/mol. The highest BCUT2D eigenvalue weighted by Gasteiger charge is 2.12. The van der Waals surface area contributed by atoms with Crippen molar-refractivity contribution in [1.82, 2.24) is 15.1 Å². The van der Waals surface area contributed by atoms with E-state index in [0.717, 1.165) is 22.7 Å². The molecule has 3 aromatic rings. The van der Waals surface area contributed by atoms with Crippen molar-refractivity contribution in [3.05, 3.63) is 54.6 Å². The Morgan fingerprint density at radius 1 is 1.04 bits per heavy atom. The first-order valence-electron chi connectivity index (χ1n) is 8.65. The Morgan fingerprint density at radius 2 is 1.71 bits per heavy atom. The van der Waals surface area contributed by atoms with E-state index in [1.165, 1.54) is 0 Å². The van der Waals surface area contributed by atoms with Crippen LogP contribution in [0.1, 0.15) is 0 Å². The average Bonchev–Trinajstić information content (AvgIpc) is 3.16. The van der Waals surface area contributed by atoms with Crippen LogP contribution in [0.4, 0.5) is 4.79 Å². The van der Waals surface area contributed by atoms with Crippen molar-refractivity contribution < 1.29 is 19.0 Å². The van der Waals surface area contributed by atoms with Crippen LogP contribution in [-0.4, -0.2) is 43.2 Å². The van der Waals surface area contributed by atoms with Crippen molar-refractivity contribution >= 4 is 6.03 Å². The van der Waals surface area contributed by atoms with Crippen molar-refractivity contribution in [2.24, 2.45) is 5.73 Å². The summed E-state index contributed by atoms with van der Waals surface area (Å²) in [6, 6.07) is 16.5. The van der Waals surface area contributed by atoms with Crippen LogP contribution in [0.2, 0.25) is 0 Å². The number of carbonyl (C=O) groups is 1. The van der Waals surface area contributed by atoms with Gasteiger partial charge in [0.05, 0.1) is 32.1 Å². The fourth-order valence-electron chi connectivity index (χ4n) is 2.65. The molecule has 0 fully saturated rings. The monoisotopic (exact) mass is 382 g/mol. The maximum Gasteiger partial charge on any atom is 0.312 e. The molecule has 8 heteroatoms. The van der Waals surface area contributed by atoms with Crippen LogP contribution < -0.4 is 25.3 Å². The zero-order valence-corrected chi connectivity index (χ0v) is 15.7. The minimum absolute atomic E-state index is 0.333. The number of benzene rings is 2. The van der Waals surface area contributed by atoms with Crippen LogP contribution >= 0.6 is 0 Å². The molecular formula is C20H22N4O4. The molecule has 0 spiro atoms. The van der Waals surface area contributed by atoms with Gasteiger partial charge in [-0.3, -0.25) is 0 Å². The van der Waals surface area contributed by atoms with Gasteiger partial charge in [-0.25, -0.2) is 9.48 Å². The fraction of sp³-hybridized carbons (Fsp3) is 0.200. The van der Waals surface area contributed by atoms with Crippen molar-refractivity contribution in [2.45, 2.75) is 0 Å². The summed E-state index contributed by atoms with van der Waals surface area (Å²) in [5.41, 5.74) is 7.73. The number of amides is 2. The Hall–Kier alpha value is -3.68. The molecule has 2 aromatic carbocycles. The number of carbonyl (C=O) groups excluding carboxylic acids is 1. The van der Waals surface area contributed by atoms with Crippen LogP contribution in [0.5, 0.6) is 17.4 Å². The lowest BCUT2D eigenvalue weighted by atomic mass is 10.1. The highest BCUT2D eigenvalue weighted by molar-refractivity contribution is 5.71. The molecule has 1 aromatic heterocycles. The van der Waals surface area contributed by atoms with Gasteiger partial charge in [-0.05, 0) is 48.5 Å². The summed E-state index contributed by atoms with van der Waals surface area (Å²) in [5.74, 6) is 1.98. The molecule has 0 bridgehead atoms. The Morgan fingerprint density at radius 3 is 2.32 bits per heavy atom. The number of rotatable bonds is 8. The molecule has 0 saturated heterocycles. The van der Waals surface area contributed by atoms with Gasteiger partial charge < -0.3 is 25.3 Å². The third-order valence-electron chi connectivity index (χ3n) is 4.03. The SMILES string of the molecule is COc1ccc(-n2nc(OC)cc2-c2ccc(OCCNC(N)=O)cc2)cc1. The number of hydrogen-bond donors (Lipinski definition) is 2. The number of urea groups is 1. The molecule has 0 unspecified atom stereocenters. The van der Waals surface area contributed by atoms with Crippen LogP contribution in [0.3, 0.4) is 0 Å². The highest BCUT2D eigenvalue weighted by Crippen LogP contribution is 2.29. The molecule has 8 nitrogen and oxygen atoms in total. The van der Waals surface area contributed by atoms with Crippen molar-refractivity contribution in [2.75, 3.05) is 27.4 Å². The number of nitrogens with two attached hydrogens (primary N) is 1. The molecule has 0 aliphatic heterocycles. The van der Waals surface area contributed by atoms with E-state index < -0.39 is 6.03 Å². The highest BCUT2D eigenvalue weighted by atomic mass is 16.5. The van der Waals surface area contributed by atoms with Gasteiger partial charge in [0, 0.05) is 11.6 Å². The number of methoxy groups -OCH3 is 2. The summed E-state index contributed by atoms with van der Waals surface area (Å²) in [7, 11) is 3.21. The van der Waals surface area contributed by atoms with E-state index in [-0.39, 0.29) is 0 Å². The Labute approximate surface area is 162 Å². The van der Waals surface area contributed by atoms with Gasteiger partial charge in [-0.2, -0.15) is 0 Å². The molecule has 0 saturated carbocycles. The van der Waals surface area contributed by atoms with Gasteiger partial charge in [0.15, 0.2) is 0 Å². The summed E-state index contributed by atoms with van der Waals surface area (Å²) in [5, 5.41) is 6.98. The molecule has 28 heavy (non-hydrogen) atoms. The van der Waals surface area contributed by atoms with Gasteiger partial charge in [0.1, 0.15) is 18.1 Å². The number of nitrogens with zero attached hydrogens (tertiary/aromatic N) is 2. The first kappa shape index (κ1) is 19.1. The summed E-state index contributed by atoms with van der Waals surface area (Å²) in [4.78, 5) is 10.7. The molecule has 0 atom stereocenters. The molecule has 3 N–H and O–H groups in total. The predicted molar refractivity (Wildman–Crippen MR) is 105 cm³/mol. The van der Waals surface area contributed by atoms with Crippen molar-refractivity contribution in [1.29, 1.82) is 0 Å². The summed E-state index contributed by atoms with van der Waals surface area (Å²) in [6.07, 6.45) is 0. The summed E-state index contributed by atoms with van der Waals surface area (Å²) < 4.78 is 17.9. The van der Waals surface area contributed by atoms with Crippen molar-refractivity contribution in [3.8, 4) is 34.3 Å². The normalized spacial score (nSPS) is 10.4. The second kappa shape index (κ2) is 8.81. The van der Waals surface area contributed by atoms with E-state index in [1.807, 2.05) is 59.3 Å². The van der Waals surface area contributed by atoms with E-state index >= 15 is 0 Å². The number of primary amides is 1. The van der Waals surface area contributed by atoms with Gasteiger partial charge >= 0.3 is 6.03 Å². The van der Waals surface area contributed by atoms with E-state index in [2.05, 4.69) is 10.4 Å². The second-order valence-corrected chi connectivity index (χ2v) is 5.85. The Balaban J connectivity index is 1.80. The molecule has 0 aliphatic rings. The minimum atomic E-state index is -0.570. The van der Waals surface area contributed by atoms with Gasteiger partial charge in [-0.1, -0.05) is 0 Å². The number of nitrogens with one attached hydrogen (secondary N) is 1. The molecule has 146 valence electrons. The number of aromatic nitrogens is 2. The molecule has 2 amide bonds. The minimum Gasteiger partial charge on any atom is -0.497 e. The van der Waals surface area contributed by atoms with Gasteiger partial charge in [0.2, 0.25) is 5.88 Å². The molecule has 1 heterocycles. The maximum atomic E-state index is 10.7. The van der Waals surface area contributed by atoms with Crippen LogP contribution in [0.15, 0.2) is 54.6 Å². The standard InChI is InChI=1S/C20H22N4O4/c1-26-16-9-5-15(6-10-16)24-18(13-19(23-24)27-2)14-3-7-17(8-4-14)28-12-11-22-20(21)25/h3-10,13H,11-12H2,1-2H3,(H3,21,22,25). The maximum absolute atomic E-state index is 10.7. The lowest BCUT2D eigenvalue weighted by Crippen LogP contribution is -2.32. The second-order valence-electron chi connectivity index (χ2n) is 5.85.